The molecule has 0 amide bonds. The first kappa shape index (κ1) is 15.0. The van der Waals surface area contributed by atoms with Gasteiger partial charge in [0.25, 0.3) is 0 Å². The zero-order valence-corrected chi connectivity index (χ0v) is 13.5. The molecule has 1 N–H and O–H groups in total. The fraction of sp³-hybridized carbons (Fsp3) is 0.312. The second kappa shape index (κ2) is 5.70. The van der Waals surface area contributed by atoms with E-state index in [4.69, 9.17) is 0 Å². The summed E-state index contributed by atoms with van der Waals surface area (Å²) in [6.07, 6.45) is 2.72. The zero-order valence-electron chi connectivity index (χ0n) is 12.7. The molecule has 0 atom stereocenters. The summed E-state index contributed by atoms with van der Waals surface area (Å²) in [5, 5.41) is 6.74. The number of nitrogens with zero attached hydrogens (tertiary/aromatic N) is 2. The molecule has 0 radical (unpaired) electrons. The molecule has 6 heteroatoms. The monoisotopic (exact) mass is 317 g/mol. The molecule has 0 aliphatic carbocycles. The first-order chi connectivity index (χ1) is 10.5. The van der Waals surface area contributed by atoms with Crippen LogP contribution < -0.4 is 0 Å². The van der Waals surface area contributed by atoms with Crippen molar-refractivity contribution in [1.29, 1.82) is 0 Å². The van der Waals surface area contributed by atoms with Crippen LogP contribution in [-0.2, 0) is 10.0 Å². The third-order valence-electron chi connectivity index (χ3n) is 3.97. The minimum atomic E-state index is -3.49. The average Bonchev–Trinajstić information content (AvgIpc) is 2.88. The van der Waals surface area contributed by atoms with Gasteiger partial charge in [0.05, 0.1) is 11.4 Å². The van der Waals surface area contributed by atoms with Crippen molar-refractivity contribution in [2.75, 3.05) is 13.1 Å². The second-order valence-corrected chi connectivity index (χ2v) is 7.35. The van der Waals surface area contributed by atoms with Crippen LogP contribution in [0.2, 0.25) is 0 Å². The van der Waals surface area contributed by atoms with E-state index in [1.54, 1.807) is 13.8 Å². The zero-order chi connectivity index (χ0) is 15.7. The summed E-state index contributed by atoms with van der Waals surface area (Å²) in [5.41, 5.74) is 3.48. The fourth-order valence-electron chi connectivity index (χ4n) is 2.83. The van der Waals surface area contributed by atoms with Crippen molar-refractivity contribution in [2.24, 2.45) is 0 Å². The van der Waals surface area contributed by atoms with Gasteiger partial charge in [0.15, 0.2) is 0 Å². The maximum atomic E-state index is 12.8. The molecule has 1 aromatic carbocycles. The van der Waals surface area contributed by atoms with Crippen molar-refractivity contribution in [1.82, 2.24) is 14.5 Å². The Hall–Kier alpha value is -1.92. The summed E-state index contributed by atoms with van der Waals surface area (Å²) in [4.78, 5) is 0.309. The molecule has 0 saturated heterocycles. The molecule has 2 heterocycles. The Kier molecular flexibility index (Phi) is 3.88. The lowest BCUT2D eigenvalue weighted by molar-refractivity contribution is 0.440. The van der Waals surface area contributed by atoms with E-state index >= 15 is 0 Å². The van der Waals surface area contributed by atoms with Crippen LogP contribution in [0.1, 0.15) is 23.4 Å². The lowest BCUT2D eigenvalue weighted by Crippen LogP contribution is -2.35. The van der Waals surface area contributed by atoms with Gasteiger partial charge in [0, 0.05) is 13.1 Å². The Morgan fingerprint density at radius 3 is 2.45 bits per heavy atom. The van der Waals surface area contributed by atoms with Gasteiger partial charge in [-0.2, -0.15) is 9.40 Å². The number of aryl methyl sites for hydroxylation is 2. The van der Waals surface area contributed by atoms with Crippen LogP contribution in [0, 0.1) is 13.8 Å². The molecule has 0 fully saturated rings. The first-order valence-corrected chi connectivity index (χ1v) is 8.70. The van der Waals surface area contributed by atoms with Crippen LogP contribution in [0.3, 0.4) is 0 Å². The quantitative estimate of drug-likeness (QED) is 0.946. The van der Waals surface area contributed by atoms with E-state index in [0.717, 1.165) is 12.0 Å². The van der Waals surface area contributed by atoms with E-state index in [2.05, 4.69) is 22.3 Å². The number of hydrogen-bond acceptors (Lipinski definition) is 3. The number of aromatic nitrogens is 2. The van der Waals surface area contributed by atoms with Gasteiger partial charge in [-0.15, -0.1) is 0 Å². The highest BCUT2D eigenvalue weighted by molar-refractivity contribution is 7.89. The van der Waals surface area contributed by atoms with Crippen LogP contribution in [-0.4, -0.2) is 36.0 Å². The molecule has 0 bridgehead atoms. The van der Waals surface area contributed by atoms with Crippen molar-refractivity contribution in [2.45, 2.75) is 25.2 Å². The van der Waals surface area contributed by atoms with Crippen molar-refractivity contribution < 1.29 is 8.42 Å². The maximum absolute atomic E-state index is 12.8. The van der Waals surface area contributed by atoms with Gasteiger partial charge in [-0.05, 0) is 31.4 Å². The molecule has 5 nitrogen and oxygen atoms in total. The largest absolute Gasteiger partial charge is 0.281 e. The van der Waals surface area contributed by atoms with Gasteiger partial charge in [-0.25, -0.2) is 8.42 Å². The Labute approximate surface area is 130 Å². The van der Waals surface area contributed by atoms with Crippen LogP contribution >= 0.6 is 0 Å². The van der Waals surface area contributed by atoms with Crippen molar-refractivity contribution >= 4 is 15.6 Å². The topological polar surface area (TPSA) is 66.1 Å². The van der Waals surface area contributed by atoms with E-state index in [-0.39, 0.29) is 0 Å². The normalized spacial score (nSPS) is 16.5. The van der Waals surface area contributed by atoms with E-state index in [1.807, 2.05) is 24.3 Å². The van der Waals surface area contributed by atoms with Gasteiger partial charge >= 0.3 is 0 Å². The number of aromatic amines is 1. The predicted molar refractivity (Wildman–Crippen MR) is 85.9 cm³/mol. The number of H-pyrrole nitrogens is 1. The second-order valence-electron chi connectivity index (χ2n) is 5.47. The molecular formula is C16H19N3O2S. The van der Waals surface area contributed by atoms with E-state index in [9.17, 15) is 8.42 Å². The number of sulfonamides is 1. The van der Waals surface area contributed by atoms with Gasteiger partial charge < -0.3 is 0 Å². The number of nitrogens with one attached hydrogen (secondary N) is 1. The third-order valence-corrected chi connectivity index (χ3v) is 6.10. The van der Waals surface area contributed by atoms with E-state index < -0.39 is 10.0 Å². The smallest absolute Gasteiger partial charge is 0.247 e. The molecule has 1 aromatic heterocycles. The molecule has 116 valence electrons. The fourth-order valence-corrected chi connectivity index (χ4v) is 4.55. The van der Waals surface area contributed by atoms with Gasteiger partial charge in [0.1, 0.15) is 4.90 Å². The summed E-state index contributed by atoms with van der Waals surface area (Å²) in [5.74, 6) is 0. The van der Waals surface area contributed by atoms with Crippen molar-refractivity contribution in [3.8, 4) is 0 Å². The highest BCUT2D eigenvalue weighted by atomic mass is 32.2. The van der Waals surface area contributed by atoms with Crippen LogP contribution in [0.5, 0.6) is 0 Å². The van der Waals surface area contributed by atoms with Crippen LogP contribution in [0.4, 0.5) is 0 Å². The Morgan fingerprint density at radius 2 is 1.91 bits per heavy atom. The lowest BCUT2D eigenvalue weighted by atomic mass is 10.0. The van der Waals surface area contributed by atoms with Gasteiger partial charge in [-0.1, -0.05) is 36.4 Å². The highest BCUT2D eigenvalue weighted by Crippen LogP contribution is 2.27. The molecule has 22 heavy (non-hydrogen) atoms. The first-order valence-electron chi connectivity index (χ1n) is 7.26. The molecule has 2 aromatic rings. The van der Waals surface area contributed by atoms with Gasteiger partial charge in [-0.3, -0.25) is 5.10 Å². The SMILES string of the molecule is Cc1n[nH]c(C)c1S(=O)(=O)N1CC=C(c2ccccc2)CC1. The molecule has 1 aliphatic rings. The van der Waals surface area contributed by atoms with Crippen LogP contribution in [0.25, 0.3) is 5.57 Å². The molecule has 0 saturated carbocycles. The lowest BCUT2D eigenvalue weighted by Gasteiger charge is -2.26. The Bertz CT molecular complexity index is 788. The summed E-state index contributed by atoms with van der Waals surface area (Å²) in [6.45, 7) is 4.34. The molecule has 0 spiro atoms. The van der Waals surface area contributed by atoms with Gasteiger partial charge in [0.2, 0.25) is 10.0 Å². The average molecular weight is 317 g/mol. The summed E-state index contributed by atoms with van der Waals surface area (Å²) in [6, 6.07) is 10.1. The van der Waals surface area contributed by atoms with Crippen molar-refractivity contribution in [3.05, 3.63) is 53.4 Å². The Morgan fingerprint density at radius 1 is 1.18 bits per heavy atom. The minimum Gasteiger partial charge on any atom is -0.281 e. The van der Waals surface area contributed by atoms with Crippen LogP contribution in [0.15, 0.2) is 41.3 Å². The summed E-state index contributed by atoms with van der Waals surface area (Å²) in [7, 11) is -3.49. The number of rotatable bonds is 3. The Balaban J connectivity index is 1.86. The molecular weight excluding hydrogens is 298 g/mol. The summed E-state index contributed by atoms with van der Waals surface area (Å²) < 4.78 is 27.1. The predicted octanol–water partition coefficient (Wildman–Crippen LogP) is 2.50. The minimum absolute atomic E-state index is 0.309. The molecule has 0 unspecified atom stereocenters. The third kappa shape index (κ3) is 2.60. The summed E-state index contributed by atoms with van der Waals surface area (Å²) >= 11 is 0. The molecule has 3 rings (SSSR count). The highest BCUT2D eigenvalue weighted by Gasteiger charge is 2.30. The standard InChI is InChI=1S/C16H19N3O2S/c1-12-16(13(2)18-17-12)22(20,21)19-10-8-15(9-11-19)14-6-4-3-5-7-14/h3-8H,9-11H2,1-2H3,(H,17,18). The number of benzene rings is 1. The number of hydrogen-bond donors (Lipinski definition) is 1. The van der Waals surface area contributed by atoms with E-state index in [0.29, 0.717) is 29.4 Å². The molecule has 1 aliphatic heterocycles. The van der Waals surface area contributed by atoms with E-state index in [1.165, 1.54) is 9.88 Å². The van der Waals surface area contributed by atoms with Crippen molar-refractivity contribution in [3.63, 3.8) is 0 Å². The maximum Gasteiger partial charge on any atom is 0.247 e.